The molecule has 0 N–H and O–H groups in total. The van der Waals surface area contributed by atoms with Crippen molar-refractivity contribution in [2.24, 2.45) is 46.3 Å². The van der Waals surface area contributed by atoms with Gasteiger partial charge < -0.3 is 9.47 Å². The molecule has 0 bridgehead atoms. The highest BCUT2D eigenvalue weighted by molar-refractivity contribution is 5.87. The third-order valence-electron chi connectivity index (χ3n) is 11.6. The minimum Gasteiger partial charge on any atom is -0.463 e. The lowest BCUT2D eigenvalue weighted by Gasteiger charge is -2.60. The topological polar surface area (TPSA) is 69.7 Å². The molecule has 4 aliphatic carbocycles. The number of fused-ring (bicyclic) bond motifs is 5. The number of ketones is 1. The summed E-state index contributed by atoms with van der Waals surface area (Å²) in [4.78, 5) is 38.1. The maximum atomic E-state index is 14.0. The van der Waals surface area contributed by atoms with Crippen LogP contribution in [0.1, 0.15) is 97.5 Å². The molecule has 1 aromatic rings. The summed E-state index contributed by atoms with van der Waals surface area (Å²) < 4.78 is 11.1. The zero-order valence-electron chi connectivity index (χ0n) is 23.7. The highest BCUT2D eigenvalue weighted by Crippen LogP contribution is 2.67. The molecule has 9 atom stereocenters. The summed E-state index contributed by atoms with van der Waals surface area (Å²) in [6.45, 7) is 8.78. The molecule has 4 aliphatic rings. The van der Waals surface area contributed by atoms with E-state index in [0.717, 1.165) is 44.1 Å². The number of Topliss-reactive ketones (excluding diaryl/α,β-unsaturated/α-hetero) is 1. The highest BCUT2D eigenvalue weighted by Gasteiger charge is 2.64. The van der Waals surface area contributed by atoms with E-state index in [0.29, 0.717) is 60.7 Å². The first-order valence-electron chi connectivity index (χ1n) is 15.0. The molecule has 0 amide bonds. The molecule has 0 aliphatic heterocycles. The Morgan fingerprint density at radius 1 is 1.03 bits per heavy atom. The zero-order chi connectivity index (χ0) is 27.1. The molecule has 208 valence electrons. The summed E-state index contributed by atoms with van der Waals surface area (Å²) >= 11 is 0. The molecular formula is C33H46O5. The molecular weight excluding hydrogens is 476 g/mol. The predicted octanol–water partition coefficient (Wildman–Crippen LogP) is 6.92. The molecule has 1 aromatic carbocycles. The van der Waals surface area contributed by atoms with Crippen molar-refractivity contribution in [3.8, 4) is 0 Å². The van der Waals surface area contributed by atoms with Gasteiger partial charge in [0.2, 0.25) is 0 Å². The van der Waals surface area contributed by atoms with Crippen LogP contribution in [0.4, 0.5) is 0 Å². The average Bonchev–Trinajstić information content (AvgIpc) is 3.26. The van der Waals surface area contributed by atoms with Gasteiger partial charge in [-0.2, -0.15) is 0 Å². The molecule has 0 radical (unpaired) electrons. The van der Waals surface area contributed by atoms with Crippen molar-refractivity contribution in [1.29, 1.82) is 0 Å². The van der Waals surface area contributed by atoms with Gasteiger partial charge >= 0.3 is 11.9 Å². The van der Waals surface area contributed by atoms with Gasteiger partial charge in [-0.3, -0.25) is 14.4 Å². The first-order valence-corrected chi connectivity index (χ1v) is 15.0. The van der Waals surface area contributed by atoms with Gasteiger partial charge in [0.25, 0.3) is 0 Å². The van der Waals surface area contributed by atoms with E-state index in [9.17, 15) is 14.4 Å². The number of carbonyl (C=O) groups is 3. The monoisotopic (exact) mass is 522 g/mol. The summed E-state index contributed by atoms with van der Waals surface area (Å²) in [5, 5.41) is 0. The largest absolute Gasteiger partial charge is 0.463 e. The minimum atomic E-state index is -0.271. The molecule has 0 spiro atoms. The maximum Gasteiger partial charge on any atom is 0.306 e. The van der Waals surface area contributed by atoms with E-state index in [4.69, 9.17) is 9.47 Å². The number of ether oxygens (including phenoxy) is 2. The van der Waals surface area contributed by atoms with Crippen LogP contribution in [0.15, 0.2) is 30.3 Å². The van der Waals surface area contributed by atoms with Crippen molar-refractivity contribution in [3.63, 3.8) is 0 Å². The van der Waals surface area contributed by atoms with Crippen molar-refractivity contribution >= 4 is 17.7 Å². The average molecular weight is 523 g/mol. The van der Waals surface area contributed by atoms with Crippen LogP contribution in [0.2, 0.25) is 0 Å². The van der Waals surface area contributed by atoms with Crippen molar-refractivity contribution in [1.82, 2.24) is 0 Å². The van der Waals surface area contributed by atoms with Crippen LogP contribution in [0, 0.1) is 46.3 Å². The predicted molar refractivity (Wildman–Crippen MR) is 146 cm³/mol. The smallest absolute Gasteiger partial charge is 0.306 e. The molecule has 4 saturated carbocycles. The van der Waals surface area contributed by atoms with Gasteiger partial charge in [0, 0.05) is 25.2 Å². The van der Waals surface area contributed by atoms with Crippen LogP contribution in [0.3, 0.4) is 0 Å². The van der Waals surface area contributed by atoms with Gasteiger partial charge in [0.05, 0.1) is 0 Å². The van der Waals surface area contributed by atoms with Crippen LogP contribution >= 0.6 is 0 Å². The zero-order valence-corrected chi connectivity index (χ0v) is 23.7. The molecule has 2 unspecified atom stereocenters. The van der Waals surface area contributed by atoms with Gasteiger partial charge in [-0.15, -0.1) is 0 Å². The van der Waals surface area contributed by atoms with Crippen molar-refractivity contribution in [2.75, 3.05) is 0 Å². The Hall–Kier alpha value is -2.17. The van der Waals surface area contributed by atoms with Crippen LogP contribution < -0.4 is 0 Å². The summed E-state index contributed by atoms with van der Waals surface area (Å²) in [6, 6.07) is 9.80. The van der Waals surface area contributed by atoms with Crippen LogP contribution in [-0.4, -0.2) is 23.8 Å². The Balaban J connectivity index is 1.21. The summed E-state index contributed by atoms with van der Waals surface area (Å²) in [5.41, 5.74) is 0.904. The fourth-order valence-electron chi connectivity index (χ4n) is 9.57. The Morgan fingerprint density at radius 3 is 2.53 bits per heavy atom. The fourth-order valence-corrected chi connectivity index (χ4v) is 9.57. The Kier molecular flexibility index (Phi) is 7.77. The Labute approximate surface area is 228 Å². The highest BCUT2D eigenvalue weighted by atomic mass is 16.5. The van der Waals surface area contributed by atoms with Crippen molar-refractivity contribution in [3.05, 3.63) is 35.9 Å². The molecule has 5 rings (SSSR count). The number of hydrogen-bond acceptors (Lipinski definition) is 5. The first-order chi connectivity index (χ1) is 18.1. The number of hydrogen-bond donors (Lipinski definition) is 0. The fraction of sp³-hybridized carbons (Fsp3) is 0.727. The first kappa shape index (κ1) is 27.4. The second-order valence-corrected chi connectivity index (χ2v) is 13.4. The van der Waals surface area contributed by atoms with Crippen molar-refractivity contribution < 1.29 is 23.9 Å². The van der Waals surface area contributed by atoms with E-state index in [1.54, 1.807) is 0 Å². The molecule has 5 nitrogen and oxygen atoms in total. The third-order valence-corrected chi connectivity index (χ3v) is 11.6. The maximum absolute atomic E-state index is 14.0. The minimum absolute atomic E-state index is 0.0442. The number of benzene rings is 1. The Morgan fingerprint density at radius 2 is 1.79 bits per heavy atom. The van der Waals surface area contributed by atoms with E-state index in [-0.39, 0.29) is 28.9 Å². The van der Waals surface area contributed by atoms with Gasteiger partial charge in [-0.1, -0.05) is 51.1 Å². The second-order valence-electron chi connectivity index (χ2n) is 13.4. The lowest BCUT2D eigenvalue weighted by molar-refractivity contribution is -0.167. The van der Waals surface area contributed by atoms with E-state index in [2.05, 4.69) is 20.8 Å². The molecule has 0 heterocycles. The van der Waals surface area contributed by atoms with Gasteiger partial charge in [0.1, 0.15) is 18.5 Å². The van der Waals surface area contributed by atoms with E-state index < -0.39 is 0 Å². The van der Waals surface area contributed by atoms with Crippen LogP contribution in [-0.2, 0) is 30.5 Å². The van der Waals surface area contributed by atoms with Gasteiger partial charge in [-0.05, 0) is 97.9 Å². The van der Waals surface area contributed by atoms with Gasteiger partial charge in [0.15, 0.2) is 0 Å². The van der Waals surface area contributed by atoms with Crippen LogP contribution in [0.5, 0.6) is 0 Å². The SMILES string of the molecule is CC(=O)O[C@@H]1CC[C@@]2(C)C(CCC3[C@@H]4CC[C@H]([C@H](C)CCC(=O)OCc5ccccc5)[C@@]4(C)C(=O)C[C@@H]32)C1. The quantitative estimate of drug-likeness (QED) is 0.364. The van der Waals surface area contributed by atoms with Crippen molar-refractivity contribution in [2.45, 2.75) is 105 Å². The van der Waals surface area contributed by atoms with E-state index >= 15 is 0 Å². The summed E-state index contributed by atoms with van der Waals surface area (Å²) in [5.74, 6) is 2.86. The number of esters is 2. The second kappa shape index (κ2) is 10.8. The third kappa shape index (κ3) is 4.95. The summed E-state index contributed by atoms with van der Waals surface area (Å²) in [7, 11) is 0. The molecule has 0 aromatic heterocycles. The van der Waals surface area contributed by atoms with E-state index in [1.165, 1.54) is 19.8 Å². The lowest BCUT2D eigenvalue weighted by atomic mass is 9.44. The molecule has 0 saturated heterocycles. The van der Waals surface area contributed by atoms with Crippen LogP contribution in [0.25, 0.3) is 0 Å². The number of carbonyl (C=O) groups excluding carboxylic acids is 3. The molecule has 5 heteroatoms. The normalized spacial score (nSPS) is 38.9. The Bertz CT molecular complexity index is 1040. The van der Waals surface area contributed by atoms with E-state index in [1.807, 2.05) is 30.3 Å². The summed E-state index contributed by atoms with van der Waals surface area (Å²) in [6.07, 6.45) is 9.46. The molecule has 38 heavy (non-hydrogen) atoms. The number of rotatable bonds is 7. The lowest BCUT2D eigenvalue weighted by Crippen LogP contribution is -2.57. The standard InChI is InChI=1S/C33H46O5/c1-21(10-15-31(36)37-20-23-8-6-5-7-9-23)27-13-14-28-26-12-11-24-18-25(38-22(2)34)16-17-32(24,3)29(26)19-30(35)33(27,28)4/h5-9,21,24-29H,10-20H2,1-4H3/t21-,24?,25-,26?,27-,28+,29+,32+,33-/m1/s1. The molecule has 4 fully saturated rings. The van der Waals surface area contributed by atoms with Gasteiger partial charge in [-0.25, -0.2) is 0 Å².